The lowest BCUT2D eigenvalue weighted by molar-refractivity contribution is -0.115. The number of rotatable bonds is 6. The Bertz CT molecular complexity index is 933. The van der Waals surface area contributed by atoms with E-state index < -0.39 is 0 Å². The molecule has 1 N–H and O–H groups in total. The first kappa shape index (κ1) is 19.2. The lowest BCUT2D eigenvalue weighted by Crippen LogP contribution is -2.14. The first-order chi connectivity index (χ1) is 12.9. The van der Waals surface area contributed by atoms with Crippen molar-refractivity contribution in [2.45, 2.75) is 44.3 Å². The van der Waals surface area contributed by atoms with Gasteiger partial charge in [0.05, 0.1) is 6.42 Å². The van der Waals surface area contributed by atoms with Gasteiger partial charge in [-0.25, -0.2) is 0 Å². The summed E-state index contributed by atoms with van der Waals surface area (Å²) >= 11 is 1.80. The molecule has 1 heterocycles. The van der Waals surface area contributed by atoms with Crippen molar-refractivity contribution in [3.05, 3.63) is 59.2 Å². The fourth-order valence-electron chi connectivity index (χ4n) is 2.66. The van der Waals surface area contributed by atoms with Gasteiger partial charge >= 0.3 is 6.01 Å². The Morgan fingerprint density at radius 2 is 1.85 bits per heavy atom. The van der Waals surface area contributed by atoms with E-state index >= 15 is 0 Å². The van der Waals surface area contributed by atoms with Crippen LogP contribution in [0.1, 0.15) is 30.5 Å². The summed E-state index contributed by atoms with van der Waals surface area (Å²) < 4.78 is 5.62. The predicted molar refractivity (Wildman–Crippen MR) is 109 cm³/mol. The lowest BCUT2D eigenvalue weighted by Gasteiger charge is -2.06. The zero-order valence-corrected chi connectivity index (χ0v) is 16.8. The molecular weight excluding hydrogens is 358 g/mol. The number of thioether (sulfide) groups is 1. The van der Waals surface area contributed by atoms with Gasteiger partial charge in [-0.2, -0.15) is 0 Å². The first-order valence-electron chi connectivity index (χ1n) is 8.87. The summed E-state index contributed by atoms with van der Waals surface area (Å²) in [4.78, 5) is 13.5. The molecule has 6 heteroatoms. The third kappa shape index (κ3) is 5.20. The van der Waals surface area contributed by atoms with Crippen molar-refractivity contribution in [1.82, 2.24) is 10.2 Å². The average molecular weight is 382 g/mol. The van der Waals surface area contributed by atoms with Crippen LogP contribution in [0.4, 0.5) is 6.01 Å². The highest BCUT2D eigenvalue weighted by atomic mass is 32.2. The Balaban J connectivity index is 1.63. The molecule has 0 bridgehead atoms. The summed E-state index contributed by atoms with van der Waals surface area (Å²) in [5, 5.41) is 11.2. The highest BCUT2D eigenvalue weighted by molar-refractivity contribution is 7.99. The summed E-state index contributed by atoms with van der Waals surface area (Å²) in [6, 6.07) is 14.2. The standard InChI is InChI=1S/C21H23N3O2S/c1-13(2)27-17-9-7-16(8-10-17)12-19(25)22-21-24-23-20(26-21)18-11-14(3)5-6-15(18)4/h5-11,13H,12H2,1-4H3,(H,22,24,25). The van der Waals surface area contributed by atoms with Gasteiger partial charge in [0.2, 0.25) is 11.8 Å². The van der Waals surface area contributed by atoms with E-state index in [9.17, 15) is 4.79 Å². The second-order valence-electron chi connectivity index (χ2n) is 6.77. The van der Waals surface area contributed by atoms with E-state index in [-0.39, 0.29) is 18.3 Å². The molecule has 27 heavy (non-hydrogen) atoms. The van der Waals surface area contributed by atoms with Gasteiger partial charge in [-0.15, -0.1) is 16.9 Å². The molecule has 3 rings (SSSR count). The van der Waals surface area contributed by atoms with Crippen LogP contribution in [0.3, 0.4) is 0 Å². The van der Waals surface area contributed by atoms with Crippen LogP contribution in [0.25, 0.3) is 11.5 Å². The number of carbonyl (C=O) groups excluding carboxylic acids is 1. The number of nitrogens with one attached hydrogen (secondary N) is 1. The number of hydrogen-bond donors (Lipinski definition) is 1. The Kier molecular flexibility index (Phi) is 5.96. The van der Waals surface area contributed by atoms with Gasteiger partial charge in [-0.1, -0.05) is 48.8 Å². The van der Waals surface area contributed by atoms with Crippen LogP contribution in [0.2, 0.25) is 0 Å². The largest absolute Gasteiger partial charge is 0.403 e. The zero-order chi connectivity index (χ0) is 19.4. The smallest absolute Gasteiger partial charge is 0.322 e. The second kappa shape index (κ2) is 8.39. The SMILES string of the molecule is Cc1ccc(C)c(-c2nnc(NC(=O)Cc3ccc(SC(C)C)cc3)o2)c1. The average Bonchev–Trinajstić information content (AvgIpc) is 3.06. The van der Waals surface area contributed by atoms with Crippen molar-refractivity contribution in [2.75, 3.05) is 5.32 Å². The van der Waals surface area contributed by atoms with E-state index in [2.05, 4.69) is 29.4 Å². The van der Waals surface area contributed by atoms with E-state index in [1.165, 1.54) is 4.90 Å². The second-order valence-corrected chi connectivity index (χ2v) is 8.42. The molecule has 0 fully saturated rings. The van der Waals surface area contributed by atoms with E-state index in [1.807, 2.05) is 56.3 Å². The van der Waals surface area contributed by atoms with Crippen molar-refractivity contribution in [2.24, 2.45) is 0 Å². The molecule has 0 saturated carbocycles. The number of hydrogen-bond acceptors (Lipinski definition) is 5. The number of amides is 1. The third-order valence-corrected chi connectivity index (χ3v) is 4.97. The number of nitrogens with zero attached hydrogens (tertiary/aromatic N) is 2. The van der Waals surface area contributed by atoms with Gasteiger partial charge in [-0.3, -0.25) is 10.1 Å². The number of benzene rings is 2. The van der Waals surface area contributed by atoms with Gasteiger partial charge in [0.25, 0.3) is 0 Å². The quantitative estimate of drug-likeness (QED) is 0.606. The predicted octanol–water partition coefficient (Wildman–Crippen LogP) is 5.04. The van der Waals surface area contributed by atoms with Crippen LogP contribution < -0.4 is 5.32 Å². The maximum absolute atomic E-state index is 12.3. The molecule has 0 aliphatic carbocycles. The molecule has 0 atom stereocenters. The molecule has 3 aromatic rings. The Hall–Kier alpha value is -2.60. The van der Waals surface area contributed by atoms with E-state index in [0.717, 1.165) is 22.3 Å². The van der Waals surface area contributed by atoms with Gasteiger partial charge in [0, 0.05) is 15.7 Å². The molecule has 0 unspecified atom stereocenters. The summed E-state index contributed by atoms with van der Waals surface area (Å²) in [5.41, 5.74) is 3.97. The van der Waals surface area contributed by atoms with Gasteiger partial charge in [0.1, 0.15) is 0 Å². The molecule has 140 valence electrons. The fraction of sp³-hybridized carbons (Fsp3) is 0.286. The van der Waals surface area contributed by atoms with Crippen molar-refractivity contribution in [1.29, 1.82) is 0 Å². The summed E-state index contributed by atoms with van der Waals surface area (Å²) in [7, 11) is 0. The number of anilines is 1. The Labute approximate surface area is 163 Å². The van der Waals surface area contributed by atoms with Crippen LogP contribution in [-0.4, -0.2) is 21.4 Å². The van der Waals surface area contributed by atoms with E-state index in [4.69, 9.17) is 4.42 Å². The lowest BCUT2D eigenvalue weighted by atomic mass is 10.1. The zero-order valence-electron chi connectivity index (χ0n) is 15.9. The maximum atomic E-state index is 12.3. The monoisotopic (exact) mass is 381 g/mol. The molecule has 0 aliphatic heterocycles. The van der Waals surface area contributed by atoms with Crippen LogP contribution in [-0.2, 0) is 11.2 Å². The Morgan fingerprint density at radius 1 is 1.11 bits per heavy atom. The minimum absolute atomic E-state index is 0.114. The molecule has 0 saturated heterocycles. The van der Waals surface area contributed by atoms with Gasteiger partial charge < -0.3 is 4.42 Å². The van der Waals surface area contributed by atoms with Gasteiger partial charge in [0.15, 0.2) is 0 Å². The third-order valence-electron chi connectivity index (χ3n) is 3.95. The van der Waals surface area contributed by atoms with Crippen molar-refractivity contribution >= 4 is 23.7 Å². The van der Waals surface area contributed by atoms with Crippen LogP contribution in [0, 0.1) is 13.8 Å². The van der Waals surface area contributed by atoms with Crippen LogP contribution >= 0.6 is 11.8 Å². The summed E-state index contributed by atoms with van der Waals surface area (Å²) in [5.74, 6) is 0.219. The Morgan fingerprint density at radius 3 is 2.56 bits per heavy atom. The molecule has 2 aromatic carbocycles. The molecule has 0 aliphatic rings. The van der Waals surface area contributed by atoms with E-state index in [1.54, 1.807) is 11.8 Å². The van der Waals surface area contributed by atoms with E-state index in [0.29, 0.717) is 11.1 Å². The maximum Gasteiger partial charge on any atom is 0.322 e. The topological polar surface area (TPSA) is 68.0 Å². The first-order valence-corrected chi connectivity index (χ1v) is 9.75. The molecule has 1 aromatic heterocycles. The summed E-state index contributed by atoms with van der Waals surface area (Å²) in [6.07, 6.45) is 0.258. The van der Waals surface area contributed by atoms with Gasteiger partial charge in [-0.05, 0) is 43.2 Å². The number of carbonyl (C=O) groups is 1. The molecule has 5 nitrogen and oxygen atoms in total. The molecular formula is C21H23N3O2S. The highest BCUT2D eigenvalue weighted by Gasteiger charge is 2.13. The van der Waals surface area contributed by atoms with Crippen molar-refractivity contribution in [3.8, 4) is 11.5 Å². The van der Waals surface area contributed by atoms with Crippen molar-refractivity contribution < 1.29 is 9.21 Å². The highest BCUT2D eigenvalue weighted by Crippen LogP contribution is 2.25. The van der Waals surface area contributed by atoms with Crippen molar-refractivity contribution in [3.63, 3.8) is 0 Å². The number of aryl methyl sites for hydroxylation is 2. The minimum Gasteiger partial charge on any atom is -0.403 e. The minimum atomic E-state index is -0.185. The molecule has 1 amide bonds. The van der Waals surface area contributed by atoms with Crippen LogP contribution in [0.15, 0.2) is 51.8 Å². The normalized spacial score (nSPS) is 11.0. The number of aromatic nitrogens is 2. The van der Waals surface area contributed by atoms with Crippen LogP contribution in [0.5, 0.6) is 0 Å². The fourth-order valence-corrected chi connectivity index (χ4v) is 3.49. The summed E-state index contributed by atoms with van der Waals surface area (Å²) in [6.45, 7) is 8.30. The molecule has 0 spiro atoms. The molecule has 0 radical (unpaired) electrons.